The van der Waals surface area contributed by atoms with E-state index in [1.165, 1.54) is 0 Å². The van der Waals surface area contributed by atoms with Crippen molar-refractivity contribution in [1.29, 1.82) is 0 Å². The molecule has 2 N–H and O–H groups in total. The van der Waals surface area contributed by atoms with Crippen LogP contribution in [0.5, 0.6) is 0 Å². The van der Waals surface area contributed by atoms with Crippen molar-refractivity contribution in [3.05, 3.63) is 24.0 Å². The number of carbonyl (C=O) groups is 1. The van der Waals surface area contributed by atoms with Gasteiger partial charge in [0.25, 0.3) is 5.91 Å². The maximum Gasteiger partial charge on any atom is 0.269 e. The Morgan fingerprint density at radius 2 is 2.15 bits per heavy atom. The van der Waals surface area contributed by atoms with E-state index in [-0.39, 0.29) is 5.91 Å². The van der Waals surface area contributed by atoms with E-state index in [0.29, 0.717) is 24.8 Å². The third-order valence-electron chi connectivity index (χ3n) is 2.86. The van der Waals surface area contributed by atoms with Crippen LogP contribution in [0, 0.1) is 5.92 Å². The lowest BCUT2D eigenvalue weighted by Crippen LogP contribution is -2.26. The van der Waals surface area contributed by atoms with Gasteiger partial charge in [-0.05, 0) is 30.9 Å². The van der Waals surface area contributed by atoms with Crippen LogP contribution in [0.25, 0.3) is 0 Å². The Bertz CT molecular complexity index is 391. The van der Waals surface area contributed by atoms with Gasteiger partial charge in [-0.15, -0.1) is 0 Å². The third kappa shape index (κ3) is 6.52. The summed E-state index contributed by atoms with van der Waals surface area (Å²) < 4.78 is 4.92. The number of pyridine rings is 1. The first-order valence-corrected chi connectivity index (χ1v) is 7.10. The van der Waals surface area contributed by atoms with Crippen LogP contribution in [-0.2, 0) is 4.74 Å². The highest BCUT2D eigenvalue weighted by molar-refractivity contribution is 5.92. The lowest BCUT2D eigenvalue weighted by atomic mass is 10.1. The number of aromatic nitrogens is 1. The molecule has 1 aromatic rings. The second kappa shape index (κ2) is 9.31. The smallest absolute Gasteiger partial charge is 0.269 e. The van der Waals surface area contributed by atoms with Crippen LogP contribution in [0.1, 0.15) is 37.2 Å². The Morgan fingerprint density at radius 1 is 1.35 bits per heavy atom. The Hall–Kier alpha value is -1.62. The number of hydrogen-bond donors (Lipinski definition) is 2. The van der Waals surface area contributed by atoms with Gasteiger partial charge in [-0.25, -0.2) is 4.98 Å². The Balaban J connectivity index is 2.35. The monoisotopic (exact) mass is 279 g/mol. The zero-order valence-electron chi connectivity index (χ0n) is 12.6. The van der Waals surface area contributed by atoms with Crippen molar-refractivity contribution in [2.24, 2.45) is 5.92 Å². The van der Waals surface area contributed by atoms with Crippen molar-refractivity contribution in [2.45, 2.75) is 26.7 Å². The van der Waals surface area contributed by atoms with Crippen LogP contribution in [0.2, 0.25) is 0 Å². The summed E-state index contributed by atoms with van der Waals surface area (Å²) in [5.41, 5.74) is 1.39. The molecule has 1 rings (SSSR count). The SMILES string of the molecule is COCCCNC(=O)c1ccc(NCCC(C)C)cn1. The summed E-state index contributed by atoms with van der Waals surface area (Å²) in [5.74, 6) is 0.530. The minimum Gasteiger partial charge on any atom is -0.385 e. The number of nitrogens with zero attached hydrogens (tertiary/aromatic N) is 1. The fourth-order valence-electron chi connectivity index (χ4n) is 1.65. The summed E-state index contributed by atoms with van der Waals surface area (Å²) in [6.07, 6.45) is 3.61. The number of carbonyl (C=O) groups excluding carboxylic acids is 1. The summed E-state index contributed by atoms with van der Waals surface area (Å²) in [5, 5.41) is 6.10. The number of ether oxygens (including phenoxy) is 1. The highest BCUT2D eigenvalue weighted by Gasteiger charge is 2.06. The summed E-state index contributed by atoms with van der Waals surface area (Å²) >= 11 is 0. The molecular formula is C15H25N3O2. The van der Waals surface area contributed by atoms with Gasteiger partial charge in [0.05, 0.1) is 11.9 Å². The molecule has 0 spiro atoms. The van der Waals surface area contributed by atoms with Crippen LogP contribution in [0.15, 0.2) is 18.3 Å². The first-order chi connectivity index (χ1) is 9.63. The molecule has 0 bridgehead atoms. The molecule has 0 aromatic carbocycles. The molecule has 0 radical (unpaired) electrons. The fraction of sp³-hybridized carbons (Fsp3) is 0.600. The van der Waals surface area contributed by atoms with E-state index in [4.69, 9.17) is 4.74 Å². The zero-order chi connectivity index (χ0) is 14.8. The van der Waals surface area contributed by atoms with Crippen molar-refractivity contribution in [2.75, 3.05) is 32.1 Å². The molecule has 1 heterocycles. The average Bonchev–Trinajstić information content (AvgIpc) is 2.44. The number of methoxy groups -OCH3 is 1. The topological polar surface area (TPSA) is 63.2 Å². The molecule has 0 aliphatic heterocycles. The molecule has 0 atom stereocenters. The van der Waals surface area contributed by atoms with Gasteiger partial charge in [-0.1, -0.05) is 13.8 Å². The molecular weight excluding hydrogens is 254 g/mol. The largest absolute Gasteiger partial charge is 0.385 e. The van der Waals surface area contributed by atoms with Gasteiger partial charge in [-0.2, -0.15) is 0 Å². The highest BCUT2D eigenvalue weighted by atomic mass is 16.5. The van der Waals surface area contributed by atoms with E-state index >= 15 is 0 Å². The van der Waals surface area contributed by atoms with Crippen LogP contribution in [0.3, 0.4) is 0 Å². The molecule has 20 heavy (non-hydrogen) atoms. The second-order valence-corrected chi connectivity index (χ2v) is 5.14. The van der Waals surface area contributed by atoms with Crippen molar-refractivity contribution in [3.63, 3.8) is 0 Å². The molecule has 1 aromatic heterocycles. The molecule has 112 valence electrons. The van der Waals surface area contributed by atoms with Crippen LogP contribution >= 0.6 is 0 Å². The molecule has 0 unspecified atom stereocenters. The van der Waals surface area contributed by atoms with E-state index in [1.807, 2.05) is 6.07 Å². The van der Waals surface area contributed by atoms with Gasteiger partial charge in [-0.3, -0.25) is 4.79 Å². The normalized spacial score (nSPS) is 10.6. The summed E-state index contributed by atoms with van der Waals surface area (Å²) in [6, 6.07) is 3.63. The van der Waals surface area contributed by atoms with Gasteiger partial charge in [0.15, 0.2) is 0 Å². The van der Waals surface area contributed by atoms with Crippen LogP contribution < -0.4 is 10.6 Å². The van der Waals surface area contributed by atoms with Gasteiger partial charge in [0.2, 0.25) is 0 Å². The van der Waals surface area contributed by atoms with Crippen LogP contribution in [0.4, 0.5) is 5.69 Å². The third-order valence-corrected chi connectivity index (χ3v) is 2.86. The van der Waals surface area contributed by atoms with E-state index in [0.717, 1.165) is 25.1 Å². The van der Waals surface area contributed by atoms with Crippen molar-refractivity contribution >= 4 is 11.6 Å². The highest BCUT2D eigenvalue weighted by Crippen LogP contribution is 2.07. The zero-order valence-corrected chi connectivity index (χ0v) is 12.6. The number of anilines is 1. The van der Waals surface area contributed by atoms with E-state index < -0.39 is 0 Å². The predicted molar refractivity (Wildman–Crippen MR) is 81.0 cm³/mol. The lowest BCUT2D eigenvalue weighted by molar-refractivity contribution is 0.0943. The standard InChI is InChI=1S/C15H25N3O2/c1-12(2)7-9-16-13-5-6-14(18-11-13)15(19)17-8-4-10-20-3/h5-6,11-12,16H,4,7-10H2,1-3H3,(H,17,19). The molecule has 1 amide bonds. The quantitative estimate of drug-likeness (QED) is 0.681. The van der Waals surface area contributed by atoms with E-state index in [1.54, 1.807) is 19.4 Å². The van der Waals surface area contributed by atoms with Crippen LogP contribution in [-0.4, -0.2) is 37.7 Å². The first kappa shape index (κ1) is 16.4. The maximum absolute atomic E-state index is 11.8. The fourth-order valence-corrected chi connectivity index (χ4v) is 1.65. The Labute approximate surface area is 121 Å². The molecule has 0 saturated heterocycles. The summed E-state index contributed by atoms with van der Waals surface area (Å²) in [4.78, 5) is 16.0. The predicted octanol–water partition coefficient (Wildman–Crippen LogP) is 2.31. The molecule has 0 fully saturated rings. The number of amides is 1. The summed E-state index contributed by atoms with van der Waals surface area (Å²) in [7, 11) is 1.65. The Morgan fingerprint density at radius 3 is 2.75 bits per heavy atom. The number of rotatable bonds is 9. The maximum atomic E-state index is 11.8. The van der Waals surface area contributed by atoms with E-state index in [9.17, 15) is 4.79 Å². The first-order valence-electron chi connectivity index (χ1n) is 7.10. The van der Waals surface area contributed by atoms with Crippen molar-refractivity contribution in [1.82, 2.24) is 10.3 Å². The molecule has 0 aliphatic rings. The Kier molecular flexibility index (Phi) is 7.65. The second-order valence-electron chi connectivity index (χ2n) is 5.14. The van der Waals surface area contributed by atoms with Crippen molar-refractivity contribution < 1.29 is 9.53 Å². The average molecular weight is 279 g/mol. The van der Waals surface area contributed by atoms with Gasteiger partial charge < -0.3 is 15.4 Å². The minimum atomic E-state index is -0.144. The molecule has 5 nitrogen and oxygen atoms in total. The lowest BCUT2D eigenvalue weighted by Gasteiger charge is -2.09. The van der Waals surface area contributed by atoms with E-state index in [2.05, 4.69) is 29.5 Å². The van der Waals surface area contributed by atoms with Gasteiger partial charge in [0.1, 0.15) is 5.69 Å². The molecule has 5 heteroatoms. The van der Waals surface area contributed by atoms with Gasteiger partial charge in [0, 0.05) is 26.8 Å². The minimum absolute atomic E-state index is 0.144. The number of hydrogen-bond acceptors (Lipinski definition) is 4. The number of nitrogens with one attached hydrogen (secondary N) is 2. The van der Waals surface area contributed by atoms with Crippen molar-refractivity contribution in [3.8, 4) is 0 Å². The van der Waals surface area contributed by atoms with Gasteiger partial charge >= 0.3 is 0 Å². The molecule has 0 saturated carbocycles. The molecule has 0 aliphatic carbocycles. The summed E-state index contributed by atoms with van der Waals surface area (Å²) in [6.45, 7) is 6.55.